The van der Waals surface area contributed by atoms with E-state index in [2.05, 4.69) is 22.1 Å². The predicted molar refractivity (Wildman–Crippen MR) is 96.5 cm³/mol. The first-order valence-electron chi connectivity index (χ1n) is 7.61. The van der Waals surface area contributed by atoms with Crippen molar-refractivity contribution in [2.45, 2.75) is 11.7 Å². The minimum atomic E-state index is -0.347. The van der Waals surface area contributed by atoms with E-state index in [0.717, 1.165) is 5.56 Å². The number of carbonyl (C=O) groups excluding carboxylic acids is 2. The molecule has 0 atom stereocenters. The number of thioether (sulfide) groups is 1. The summed E-state index contributed by atoms with van der Waals surface area (Å²) in [6, 6.07) is 7.02. The van der Waals surface area contributed by atoms with Crippen molar-refractivity contribution in [1.82, 2.24) is 25.0 Å². The third-order valence-corrected chi connectivity index (χ3v) is 4.81. The molecular formula is C16H16ClN5O2S. The van der Waals surface area contributed by atoms with Gasteiger partial charge in [-0.2, -0.15) is 0 Å². The number of aromatic nitrogens is 3. The van der Waals surface area contributed by atoms with E-state index in [1.54, 1.807) is 18.2 Å². The number of urea groups is 1. The number of allylic oxidation sites excluding steroid dienone is 1. The van der Waals surface area contributed by atoms with Gasteiger partial charge < -0.3 is 5.32 Å². The maximum absolute atomic E-state index is 11.6. The highest BCUT2D eigenvalue weighted by Gasteiger charge is 2.28. The van der Waals surface area contributed by atoms with Crippen molar-refractivity contribution in [1.29, 1.82) is 0 Å². The minimum absolute atomic E-state index is 0.0663. The number of benzene rings is 1. The van der Waals surface area contributed by atoms with E-state index in [4.69, 9.17) is 11.6 Å². The molecule has 0 unspecified atom stereocenters. The summed E-state index contributed by atoms with van der Waals surface area (Å²) in [5, 5.41) is 12.3. The number of nitrogens with one attached hydrogen (secondary N) is 1. The lowest BCUT2D eigenvalue weighted by Gasteiger charge is -2.12. The Morgan fingerprint density at radius 3 is 2.68 bits per heavy atom. The number of rotatable bonds is 7. The Morgan fingerprint density at radius 2 is 2.04 bits per heavy atom. The van der Waals surface area contributed by atoms with Gasteiger partial charge in [-0.3, -0.25) is 14.3 Å². The van der Waals surface area contributed by atoms with E-state index < -0.39 is 0 Å². The van der Waals surface area contributed by atoms with Crippen molar-refractivity contribution < 1.29 is 9.59 Å². The van der Waals surface area contributed by atoms with Gasteiger partial charge in [0.1, 0.15) is 0 Å². The quantitative estimate of drug-likeness (QED) is 0.455. The molecule has 9 heteroatoms. The van der Waals surface area contributed by atoms with Crippen LogP contribution in [0, 0.1) is 0 Å². The van der Waals surface area contributed by atoms with E-state index >= 15 is 0 Å². The van der Waals surface area contributed by atoms with Gasteiger partial charge in [0, 0.05) is 29.4 Å². The molecule has 1 aliphatic rings. The normalized spacial score (nSPS) is 14.0. The minimum Gasteiger partial charge on any atom is -0.329 e. The monoisotopic (exact) mass is 377 g/mol. The summed E-state index contributed by atoms with van der Waals surface area (Å²) in [4.78, 5) is 24.3. The molecule has 25 heavy (non-hydrogen) atoms. The molecule has 130 valence electrons. The zero-order valence-corrected chi connectivity index (χ0v) is 14.9. The van der Waals surface area contributed by atoms with Crippen LogP contribution in [-0.4, -0.2) is 50.4 Å². The van der Waals surface area contributed by atoms with Crippen molar-refractivity contribution >= 4 is 35.3 Å². The third kappa shape index (κ3) is 3.85. The van der Waals surface area contributed by atoms with Crippen LogP contribution in [0.15, 0.2) is 42.1 Å². The zero-order valence-electron chi connectivity index (χ0n) is 13.3. The molecule has 1 saturated heterocycles. The lowest BCUT2D eigenvalue weighted by Crippen LogP contribution is -2.32. The fourth-order valence-corrected chi connectivity index (χ4v) is 3.41. The molecular weight excluding hydrogens is 362 g/mol. The first-order chi connectivity index (χ1) is 12.1. The molecule has 0 aliphatic carbocycles. The van der Waals surface area contributed by atoms with Crippen LogP contribution in [-0.2, 0) is 11.3 Å². The van der Waals surface area contributed by atoms with Crippen molar-refractivity contribution in [3.05, 3.63) is 41.9 Å². The average Bonchev–Trinajstić information content (AvgIpc) is 3.14. The molecule has 1 N–H and O–H groups in total. The van der Waals surface area contributed by atoms with Crippen LogP contribution < -0.4 is 5.32 Å². The molecule has 1 aromatic heterocycles. The summed E-state index contributed by atoms with van der Waals surface area (Å²) < 4.78 is 1.94. The Bertz CT molecular complexity index is 789. The standard InChI is InChI=1S/C16H16ClN5O2S/c1-2-7-22-14(11-3-5-12(17)6-4-11)19-20-16(22)25-9-8-21-13(23)10-18-15(21)24/h2-6H,1,7-10H2,(H,18,24). The van der Waals surface area contributed by atoms with Gasteiger partial charge >= 0.3 is 6.03 Å². The van der Waals surface area contributed by atoms with E-state index in [0.29, 0.717) is 34.8 Å². The van der Waals surface area contributed by atoms with Crippen molar-refractivity contribution in [3.8, 4) is 11.4 Å². The van der Waals surface area contributed by atoms with E-state index in [1.807, 2.05) is 16.7 Å². The SMILES string of the molecule is C=CCn1c(SCCN2C(=O)CNC2=O)nnc1-c1ccc(Cl)cc1. The lowest BCUT2D eigenvalue weighted by atomic mass is 10.2. The molecule has 0 saturated carbocycles. The molecule has 2 aromatic rings. The highest BCUT2D eigenvalue weighted by atomic mass is 35.5. The summed E-state index contributed by atoms with van der Waals surface area (Å²) in [5.41, 5.74) is 0.902. The Hall–Kier alpha value is -2.32. The Morgan fingerprint density at radius 1 is 1.28 bits per heavy atom. The number of carbonyl (C=O) groups is 2. The number of halogens is 1. The van der Waals surface area contributed by atoms with Crippen LogP contribution in [0.2, 0.25) is 5.02 Å². The van der Waals surface area contributed by atoms with Crippen LogP contribution in [0.5, 0.6) is 0 Å². The first kappa shape index (κ1) is 17.5. The Labute approximate surface area is 154 Å². The Balaban J connectivity index is 1.73. The second kappa shape index (κ2) is 7.71. The zero-order chi connectivity index (χ0) is 17.8. The van der Waals surface area contributed by atoms with E-state index in [1.165, 1.54) is 16.7 Å². The number of amides is 3. The van der Waals surface area contributed by atoms with Crippen molar-refractivity contribution in [2.24, 2.45) is 0 Å². The fourth-order valence-electron chi connectivity index (χ4n) is 2.41. The van der Waals surface area contributed by atoms with Crippen molar-refractivity contribution in [2.75, 3.05) is 18.8 Å². The molecule has 0 spiro atoms. The summed E-state index contributed by atoms with van der Waals surface area (Å²) >= 11 is 7.37. The van der Waals surface area contributed by atoms with Gasteiger partial charge in [0.05, 0.1) is 6.54 Å². The van der Waals surface area contributed by atoms with Gasteiger partial charge in [-0.15, -0.1) is 16.8 Å². The summed E-state index contributed by atoms with van der Waals surface area (Å²) in [5.74, 6) is 1.05. The van der Waals surface area contributed by atoms with Crippen LogP contribution in [0.4, 0.5) is 4.79 Å². The maximum Gasteiger partial charge on any atom is 0.324 e. The number of nitrogens with zero attached hydrogens (tertiary/aromatic N) is 4. The maximum atomic E-state index is 11.6. The summed E-state index contributed by atoms with van der Waals surface area (Å²) in [6.07, 6.45) is 1.77. The molecule has 0 radical (unpaired) electrons. The van der Waals surface area contributed by atoms with Crippen LogP contribution in [0.3, 0.4) is 0 Å². The number of hydrogen-bond donors (Lipinski definition) is 1. The highest BCUT2D eigenvalue weighted by Crippen LogP contribution is 2.25. The highest BCUT2D eigenvalue weighted by molar-refractivity contribution is 7.99. The predicted octanol–water partition coefficient (Wildman–Crippen LogP) is 2.43. The largest absolute Gasteiger partial charge is 0.329 e. The van der Waals surface area contributed by atoms with E-state index in [9.17, 15) is 9.59 Å². The molecule has 1 aromatic carbocycles. The second-order valence-electron chi connectivity index (χ2n) is 5.26. The first-order valence-corrected chi connectivity index (χ1v) is 8.97. The molecule has 0 bridgehead atoms. The van der Waals surface area contributed by atoms with Crippen molar-refractivity contribution in [3.63, 3.8) is 0 Å². The Kier molecular flexibility index (Phi) is 5.40. The topological polar surface area (TPSA) is 80.1 Å². The molecule has 1 aliphatic heterocycles. The van der Waals surface area contributed by atoms with E-state index in [-0.39, 0.29) is 18.5 Å². The molecule has 3 amide bonds. The van der Waals surface area contributed by atoms with Gasteiger partial charge in [-0.05, 0) is 24.3 Å². The smallest absolute Gasteiger partial charge is 0.324 e. The van der Waals surface area contributed by atoms with Crippen LogP contribution >= 0.6 is 23.4 Å². The van der Waals surface area contributed by atoms with Gasteiger partial charge in [0.2, 0.25) is 5.91 Å². The van der Waals surface area contributed by atoms with Gasteiger partial charge in [-0.1, -0.05) is 29.4 Å². The second-order valence-corrected chi connectivity index (χ2v) is 6.76. The molecule has 3 rings (SSSR count). The summed E-state index contributed by atoms with van der Waals surface area (Å²) in [7, 11) is 0. The van der Waals surface area contributed by atoms with Gasteiger partial charge in [-0.25, -0.2) is 4.79 Å². The lowest BCUT2D eigenvalue weighted by molar-refractivity contribution is -0.124. The fraction of sp³-hybridized carbons (Fsp3) is 0.250. The molecule has 2 heterocycles. The van der Waals surface area contributed by atoms with Gasteiger partial charge in [0.25, 0.3) is 0 Å². The van der Waals surface area contributed by atoms with Crippen LogP contribution in [0.1, 0.15) is 0 Å². The third-order valence-electron chi connectivity index (χ3n) is 3.61. The molecule has 7 nitrogen and oxygen atoms in total. The number of imide groups is 1. The average molecular weight is 378 g/mol. The van der Waals surface area contributed by atoms with Gasteiger partial charge in [0.15, 0.2) is 11.0 Å². The number of hydrogen-bond acceptors (Lipinski definition) is 5. The summed E-state index contributed by atoms with van der Waals surface area (Å²) in [6.45, 7) is 4.72. The van der Waals surface area contributed by atoms with Crippen LogP contribution in [0.25, 0.3) is 11.4 Å². The molecule has 1 fully saturated rings.